The van der Waals surface area contributed by atoms with Crippen molar-refractivity contribution in [3.05, 3.63) is 22.0 Å². The van der Waals surface area contributed by atoms with Gasteiger partial charge in [-0.25, -0.2) is 4.98 Å². The normalized spacial score (nSPS) is 41.5. The van der Waals surface area contributed by atoms with Gasteiger partial charge in [-0.05, 0) is 80.5 Å². The molecule has 0 N–H and O–H groups in total. The highest BCUT2D eigenvalue weighted by Crippen LogP contribution is 2.68. The number of hydrogen-bond acceptors (Lipinski definition) is 5. The van der Waals surface area contributed by atoms with E-state index < -0.39 is 0 Å². The molecule has 4 aliphatic rings. The topological polar surface area (TPSA) is 48.4 Å². The van der Waals surface area contributed by atoms with E-state index in [1.165, 1.54) is 44.0 Å². The van der Waals surface area contributed by atoms with Crippen molar-refractivity contribution >= 4 is 17.3 Å². The molecule has 1 aromatic rings. The molecule has 1 heterocycles. The third-order valence-electron chi connectivity index (χ3n) is 9.48. The summed E-state index contributed by atoms with van der Waals surface area (Å²) in [6.45, 7) is 9.33. The largest absolute Gasteiger partial charge is 0.477 e. The molecule has 1 aromatic heterocycles. The van der Waals surface area contributed by atoms with Gasteiger partial charge in [0.2, 0.25) is 5.88 Å². The van der Waals surface area contributed by atoms with Crippen molar-refractivity contribution in [1.29, 1.82) is 0 Å². The third-order valence-corrected chi connectivity index (χ3v) is 10.4. The Kier molecular flexibility index (Phi) is 5.47. The number of carbonyl (C=O) groups excluding carboxylic acids is 1. The summed E-state index contributed by atoms with van der Waals surface area (Å²) in [7, 11) is 0. The molecule has 3 fully saturated rings. The standard InChI is InChI=1S/C26H37NO3S/c1-5-29-23-15-31-24(27-23)22-9-8-20-19-7-6-17-14-18(30-16(2)28)10-12-25(17,3)21(19)11-13-26(20,22)4/h6,15,18-22H,5,7-14H2,1-4H3/t18-,19-,20?,21?,22+,25-,26-/m0/s1. The number of ether oxygens (including phenoxy) is 2. The second-order valence-corrected chi connectivity index (χ2v) is 11.8. The minimum atomic E-state index is -0.136. The molecule has 31 heavy (non-hydrogen) atoms. The molecule has 2 unspecified atom stereocenters. The van der Waals surface area contributed by atoms with Gasteiger partial charge in [0.15, 0.2) is 0 Å². The predicted molar refractivity (Wildman–Crippen MR) is 123 cm³/mol. The van der Waals surface area contributed by atoms with Gasteiger partial charge in [-0.15, -0.1) is 11.3 Å². The molecule has 0 aliphatic heterocycles. The zero-order valence-electron chi connectivity index (χ0n) is 19.5. The zero-order chi connectivity index (χ0) is 21.8. The van der Waals surface area contributed by atoms with Crippen LogP contribution in [0.2, 0.25) is 0 Å². The molecule has 0 radical (unpaired) electrons. The smallest absolute Gasteiger partial charge is 0.302 e. The summed E-state index contributed by atoms with van der Waals surface area (Å²) in [5.41, 5.74) is 2.23. The maximum Gasteiger partial charge on any atom is 0.302 e. The van der Waals surface area contributed by atoms with Gasteiger partial charge in [0, 0.05) is 19.3 Å². The molecule has 0 saturated heterocycles. The summed E-state index contributed by atoms with van der Waals surface area (Å²) in [6.07, 6.45) is 12.2. The fourth-order valence-corrected chi connectivity index (χ4v) is 9.05. The number of nitrogens with zero attached hydrogens (tertiary/aromatic N) is 1. The van der Waals surface area contributed by atoms with Crippen molar-refractivity contribution in [2.45, 2.75) is 91.1 Å². The molecule has 3 saturated carbocycles. The molecule has 0 aromatic carbocycles. The van der Waals surface area contributed by atoms with Crippen LogP contribution < -0.4 is 4.74 Å². The van der Waals surface area contributed by atoms with Gasteiger partial charge >= 0.3 is 5.97 Å². The highest BCUT2D eigenvalue weighted by atomic mass is 32.1. The Balaban J connectivity index is 1.37. The molecule has 5 rings (SSSR count). The molecule has 170 valence electrons. The Bertz CT molecular complexity index is 878. The van der Waals surface area contributed by atoms with Gasteiger partial charge in [0.25, 0.3) is 0 Å². The third kappa shape index (κ3) is 3.46. The summed E-state index contributed by atoms with van der Waals surface area (Å²) in [4.78, 5) is 16.3. The van der Waals surface area contributed by atoms with E-state index >= 15 is 0 Å². The maximum atomic E-state index is 11.5. The second-order valence-electron chi connectivity index (χ2n) is 10.9. The monoisotopic (exact) mass is 443 g/mol. The van der Waals surface area contributed by atoms with E-state index in [1.54, 1.807) is 16.9 Å². The van der Waals surface area contributed by atoms with E-state index in [0.717, 1.165) is 42.9 Å². The van der Waals surface area contributed by atoms with Crippen LogP contribution in [0.25, 0.3) is 0 Å². The number of esters is 1. The van der Waals surface area contributed by atoms with E-state index in [9.17, 15) is 4.79 Å². The molecule has 0 amide bonds. The van der Waals surface area contributed by atoms with Gasteiger partial charge in [-0.2, -0.15) is 0 Å². The average molecular weight is 444 g/mol. The van der Waals surface area contributed by atoms with Gasteiger partial charge in [0.05, 0.1) is 12.0 Å². The SMILES string of the molecule is CCOc1csc([C@H]2CCC3[C@@H]4CC=C5C[C@@H](OC(C)=O)CC[C@]5(C)C4CC[C@@]32C)n1. The number of rotatable bonds is 4. The number of carbonyl (C=O) groups is 1. The lowest BCUT2D eigenvalue weighted by atomic mass is 9.47. The maximum absolute atomic E-state index is 11.5. The molecule has 4 nitrogen and oxygen atoms in total. The van der Waals surface area contributed by atoms with Crippen LogP contribution in [0, 0.1) is 28.6 Å². The molecule has 5 heteroatoms. The van der Waals surface area contributed by atoms with Gasteiger partial charge in [-0.3, -0.25) is 4.79 Å². The van der Waals surface area contributed by atoms with Gasteiger partial charge in [-0.1, -0.05) is 25.5 Å². The second kappa shape index (κ2) is 7.90. The van der Waals surface area contributed by atoms with Crippen LogP contribution in [-0.2, 0) is 9.53 Å². The first-order valence-corrected chi connectivity index (χ1v) is 13.2. The number of allylic oxidation sites excluding steroid dienone is 1. The number of thiazole rings is 1. The molecule has 0 spiro atoms. The number of fused-ring (bicyclic) bond motifs is 5. The minimum absolute atomic E-state index is 0.0857. The minimum Gasteiger partial charge on any atom is -0.477 e. The Morgan fingerprint density at radius 2 is 2.03 bits per heavy atom. The first-order valence-electron chi connectivity index (χ1n) is 12.3. The summed E-state index contributed by atoms with van der Waals surface area (Å²) in [6, 6.07) is 0. The van der Waals surface area contributed by atoms with E-state index in [-0.39, 0.29) is 12.1 Å². The number of aromatic nitrogens is 1. The Morgan fingerprint density at radius 3 is 2.81 bits per heavy atom. The first kappa shape index (κ1) is 21.5. The summed E-state index contributed by atoms with van der Waals surface area (Å²) in [5.74, 6) is 3.60. The van der Waals surface area contributed by atoms with Crippen molar-refractivity contribution in [2.75, 3.05) is 6.61 Å². The van der Waals surface area contributed by atoms with Crippen molar-refractivity contribution in [1.82, 2.24) is 4.98 Å². The summed E-state index contributed by atoms with van der Waals surface area (Å²) < 4.78 is 11.3. The van der Waals surface area contributed by atoms with Crippen LogP contribution in [0.15, 0.2) is 17.0 Å². The lowest BCUT2D eigenvalue weighted by Gasteiger charge is -2.58. The molecular weight excluding hydrogens is 406 g/mol. The quantitative estimate of drug-likeness (QED) is 0.393. The Labute approximate surface area is 190 Å². The van der Waals surface area contributed by atoms with Gasteiger partial charge < -0.3 is 9.47 Å². The fraction of sp³-hybridized carbons (Fsp3) is 0.769. The van der Waals surface area contributed by atoms with Crippen molar-refractivity contribution in [3.8, 4) is 5.88 Å². The highest BCUT2D eigenvalue weighted by Gasteiger charge is 2.59. The van der Waals surface area contributed by atoms with Crippen LogP contribution in [-0.4, -0.2) is 23.7 Å². The van der Waals surface area contributed by atoms with Crippen LogP contribution in [0.5, 0.6) is 5.88 Å². The van der Waals surface area contributed by atoms with Crippen LogP contribution in [0.4, 0.5) is 0 Å². The molecule has 4 aliphatic carbocycles. The highest BCUT2D eigenvalue weighted by molar-refractivity contribution is 7.09. The molecular formula is C26H37NO3S. The predicted octanol–water partition coefficient (Wildman–Crippen LogP) is 6.52. The van der Waals surface area contributed by atoms with E-state index in [0.29, 0.717) is 23.4 Å². The lowest BCUT2D eigenvalue weighted by Crippen LogP contribution is -2.50. The van der Waals surface area contributed by atoms with E-state index in [2.05, 4.69) is 25.3 Å². The zero-order valence-corrected chi connectivity index (χ0v) is 20.3. The van der Waals surface area contributed by atoms with E-state index in [4.69, 9.17) is 14.5 Å². The summed E-state index contributed by atoms with van der Waals surface area (Å²) >= 11 is 1.80. The van der Waals surface area contributed by atoms with E-state index in [1.807, 2.05) is 6.92 Å². The van der Waals surface area contributed by atoms with Crippen LogP contribution in [0.3, 0.4) is 0 Å². The summed E-state index contributed by atoms with van der Waals surface area (Å²) in [5, 5.41) is 3.39. The first-order chi connectivity index (χ1) is 14.8. The Morgan fingerprint density at radius 1 is 1.19 bits per heavy atom. The van der Waals surface area contributed by atoms with Crippen LogP contribution in [0.1, 0.15) is 90.0 Å². The van der Waals surface area contributed by atoms with Crippen molar-refractivity contribution in [2.24, 2.45) is 28.6 Å². The van der Waals surface area contributed by atoms with Crippen molar-refractivity contribution in [3.63, 3.8) is 0 Å². The van der Waals surface area contributed by atoms with Crippen molar-refractivity contribution < 1.29 is 14.3 Å². The fourth-order valence-electron chi connectivity index (χ4n) is 8.01. The number of hydrogen-bond donors (Lipinski definition) is 0. The van der Waals surface area contributed by atoms with Crippen LogP contribution >= 0.6 is 11.3 Å². The molecule has 0 bridgehead atoms. The lowest BCUT2D eigenvalue weighted by molar-refractivity contribution is -0.148. The average Bonchev–Trinajstić information content (AvgIpc) is 3.31. The Hall–Kier alpha value is -1.36. The van der Waals surface area contributed by atoms with Gasteiger partial charge in [0.1, 0.15) is 11.1 Å². The molecule has 7 atom stereocenters.